The van der Waals surface area contributed by atoms with Crippen LogP contribution in [0, 0.1) is 5.92 Å². The van der Waals surface area contributed by atoms with Crippen molar-refractivity contribution in [1.82, 2.24) is 14.9 Å². The van der Waals surface area contributed by atoms with Crippen LogP contribution in [0.25, 0.3) is 5.69 Å². The van der Waals surface area contributed by atoms with Gasteiger partial charge in [0.05, 0.1) is 13.3 Å². The SMILES string of the molecule is COc1ccc(CNC(=O)c2ccc(-n3cnc(NC(=O)C4CC4)c3)cc2)cc1. The lowest BCUT2D eigenvalue weighted by atomic mass is 10.1. The number of amides is 2. The summed E-state index contributed by atoms with van der Waals surface area (Å²) in [4.78, 5) is 28.4. The first-order valence-electron chi connectivity index (χ1n) is 9.49. The molecule has 0 radical (unpaired) electrons. The van der Waals surface area contributed by atoms with Crippen molar-refractivity contribution in [3.05, 3.63) is 72.2 Å². The van der Waals surface area contributed by atoms with Crippen molar-refractivity contribution in [2.24, 2.45) is 5.92 Å². The molecule has 0 atom stereocenters. The summed E-state index contributed by atoms with van der Waals surface area (Å²) >= 11 is 0. The highest BCUT2D eigenvalue weighted by Gasteiger charge is 2.29. The van der Waals surface area contributed by atoms with E-state index in [1.165, 1.54) is 0 Å². The van der Waals surface area contributed by atoms with Gasteiger partial charge < -0.3 is 19.9 Å². The maximum absolute atomic E-state index is 12.4. The van der Waals surface area contributed by atoms with Crippen LogP contribution in [0.3, 0.4) is 0 Å². The number of nitrogens with zero attached hydrogens (tertiary/aromatic N) is 2. The average Bonchev–Trinajstić information content (AvgIpc) is 3.52. The Morgan fingerprint density at radius 2 is 1.83 bits per heavy atom. The molecule has 1 aliphatic rings. The lowest BCUT2D eigenvalue weighted by molar-refractivity contribution is -0.117. The number of aromatic nitrogens is 2. The number of benzene rings is 2. The first kappa shape index (κ1) is 18.7. The molecule has 0 saturated heterocycles. The standard InChI is InChI=1S/C22H22N4O3/c1-29-19-10-2-15(3-11-19)12-23-21(27)16-6-8-18(9-7-16)26-13-20(24-14-26)25-22(28)17-4-5-17/h2-3,6-11,13-14,17H,4-5,12H2,1H3,(H,23,27)(H,25,28). The van der Waals surface area contributed by atoms with Gasteiger partial charge in [-0.25, -0.2) is 4.98 Å². The summed E-state index contributed by atoms with van der Waals surface area (Å²) < 4.78 is 6.94. The molecule has 7 heteroatoms. The predicted octanol–water partition coefficient (Wildman–Crippen LogP) is 3.16. The number of carbonyl (C=O) groups is 2. The van der Waals surface area contributed by atoms with E-state index >= 15 is 0 Å². The van der Waals surface area contributed by atoms with Crippen LogP contribution in [0.1, 0.15) is 28.8 Å². The molecule has 1 heterocycles. The van der Waals surface area contributed by atoms with Crippen LogP contribution in [-0.4, -0.2) is 28.5 Å². The van der Waals surface area contributed by atoms with Crippen molar-refractivity contribution < 1.29 is 14.3 Å². The summed E-state index contributed by atoms with van der Waals surface area (Å²) in [6.07, 6.45) is 5.31. The van der Waals surface area contributed by atoms with E-state index in [1.54, 1.807) is 31.8 Å². The lowest BCUT2D eigenvalue weighted by Crippen LogP contribution is -2.22. The largest absolute Gasteiger partial charge is 0.497 e. The minimum absolute atomic E-state index is 0.0270. The van der Waals surface area contributed by atoms with Gasteiger partial charge in [0, 0.05) is 23.7 Å². The molecule has 0 unspecified atom stereocenters. The van der Waals surface area contributed by atoms with Crippen LogP contribution in [0.5, 0.6) is 5.75 Å². The summed E-state index contributed by atoms with van der Waals surface area (Å²) in [6, 6.07) is 14.8. The second-order valence-corrected chi connectivity index (χ2v) is 7.01. The predicted molar refractivity (Wildman–Crippen MR) is 109 cm³/mol. The smallest absolute Gasteiger partial charge is 0.251 e. The third-order valence-electron chi connectivity index (χ3n) is 4.82. The van der Waals surface area contributed by atoms with Crippen LogP contribution in [-0.2, 0) is 11.3 Å². The molecule has 7 nitrogen and oxygen atoms in total. The van der Waals surface area contributed by atoms with Crippen molar-refractivity contribution in [3.63, 3.8) is 0 Å². The normalized spacial score (nSPS) is 13.0. The van der Waals surface area contributed by atoms with Gasteiger partial charge in [0.25, 0.3) is 5.91 Å². The number of rotatable bonds is 7. The van der Waals surface area contributed by atoms with Crippen LogP contribution >= 0.6 is 0 Å². The zero-order valence-electron chi connectivity index (χ0n) is 16.1. The van der Waals surface area contributed by atoms with Crippen molar-refractivity contribution in [1.29, 1.82) is 0 Å². The van der Waals surface area contributed by atoms with Crippen LogP contribution in [0.15, 0.2) is 61.1 Å². The van der Waals surface area contributed by atoms with Crippen LogP contribution in [0.4, 0.5) is 5.82 Å². The zero-order chi connectivity index (χ0) is 20.2. The number of imidazole rings is 1. The summed E-state index contributed by atoms with van der Waals surface area (Å²) in [5, 5.41) is 5.73. The highest BCUT2D eigenvalue weighted by Crippen LogP contribution is 2.30. The van der Waals surface area contributed by atoms with E-state index in [2.05, 4.69) is 15.6 Å². The zero-order valence-corrected chi connectivity index (χ0v) is 16.1. The summed E-state index contributed by atoms with van der Waals surface area (Å²) in [6.45, 7) is 0.441. The third kappa shape index (κ3) is 4.63. The molecular formula is C22H22N4O3. The first-order chi connectivity index (χ1) is 14.1. The molecule has 1 fully saturated rings. The van der Waals surface area contributed by atoms with Crippen molar-refractivity contribution in [2.45, 2.75) is 19.4 Å². The Hall–Kier alpha value is -3.61. The minimum Gasteiger partial charge on any atom is -0.497 e. The molecule has 29 heavy (non-hydrogen) atoms. The Balaban J connectivity index is 1.35. The number of hydrogen-bond acceptors (Lipinski definition) is 4. The van der Waals surface area contributed by atoms with Gasteiger partial charge in [-0.15, -0.1) is 0 Å². The molecule has 1 aromatic heterocycles. The summed E-state index contributed by atoms with van der Waals surface area (Å²) in [5.74, 6) is 1.33. The molecule has 2 N–H and O–H groups in total. The van der Waals surface area contributed by atoms with Gasteiger partial charge in [0.2, 0.25) is 5.91 Å². The molecule has 2 aromatic carbocycles. The fraction of sp³-hybridized carbons (Fsp3) is 0.227. The number of ether oxygens (including phenoxy) is 1. The molecule has 3 aromatic rings. The van der Waals surface area contributed by atoms with E-state index in [1.807, 2.05) is 41.0 Å². The van der Waals surface area contributed by atoms with Gasteiger partial charge >= 0.3 is 0 Å². The molecule has 2 amide bonds. The van der Waals surface area contributed by atoms with Gasteiger partial charge in [-0.2, -0.15) is 0 Å². The summed E-state index contributed by atoms with van der Waals surface area (Å²) in [5.41, 5.74) is 2.43. The Morgan fingerprint density at radius 3 is 2.48 bits per heavy atom. The molecule has 1 saturated carbocycles. The topological polar surface area (TPSA) is 85.2 Å². The lowest BCUT2D eigenvalue weighted by Gasteiger charge is -2.08. The molecule has 0 spiro atoms. The second-order valence-electron chi connectivity index (χ2n) is 7.01. The van der Waals surface area contributed by atoms with Gasteiger partial charge in [-0.05, 0) is 54.8 Å². The number of carbonyl (C=O) groups excluding carboxylic acids is 2. The van der Waals surface area contributed by atoms with Crippen molar-refractivity contribution in [2.75, 3.05) is 12.4 Å². The highest BCUT2D eigenvalue weighted by molar-refractivity contribution is 5.94. The fourth-order valence-corrected chi connectivity index (χ4v) is 2.92. The number of anilines is 1. The minimum atomic E-state index is -0.143. The quantitative estimate of drug-likeness (QED) is 0.649. The summed E-state index contributed by atoms with van der Waals surface area (Å²) in [7, 11) is 1.62. The Labute approximate surface area is 168 Å². The average molecular weight is 390 g/mol. The monoisotopic (exact) mass is 390 g/mol. The van der Waals surface area contributed by atoms with Crippen LogP contribution < -0.4 is 15.4 Å². The van der Waals surface area contributed by atoms with Crippen molar-refractivity contribution in [3.8, 4) is 11.4 Å². The maximum atomic E-state index is 12.4. The van der Waals surface area contributed by atoms with Gasteiger partial charge in [0.1, 0.15) is 12.1 Å². The number of hydrogen-bond donors (Lipinski definition) is 2. The Morgan fingerprint density at radius 1 is 1.10 bits per heavy atom. The molecule has 4 rings (SSSR count). The molecular weight excluding hydrogens is 368 g/mol. The van der Waals surface area contributed by atoms with Crippen LogP contribution in [0.2, 0.25) is 0 Å². The second kappa shape index (κ2) is 8.18. The molecule has 1 aliphatic carbocycles. The first-order valence-corrected chi connectivity index (χ1v) is 9.49. The third-order valence-corrected chi connectivity index (χ3v) is 4.82. The molecule has 0 bridgehead atoms. The van der Waals surface area contributed by atoms with Gasteiger partial charge in [-0.3, -0.25) is 9.59 Å². The fourth-order valence-electron chi connectivity index (χ4n) is 2.92. The van der Waals surface area contributed by atoms with Gasteiger partial charge in [-0.1, -0.05) is 12.1 Å². The maximum Gasteiger partial charge on any atom is 0.251 e. The van der Waals surface area contributed by atoms with E-state index in [9.17, 15) is 9.59 Å². The van der Waals surface area contributed by atoms with E-state index in [0.717, 1.165) is 29.8 Å². The number of methoxy groups -OCH3 is 1. The van der Waals surface area contributed by atoms with E-state index < -0.39 is 0 Å². The van der Waals surface area contributed by atoms with Crippen molar-refractivity contribution >= 4 is 17.6 Å². The Kier molecular flexibility index (Phi) is 5.29. The highest BCUT2D eigenvalue weighted by atomic mass is 16.5. The van der Waals surface area contributed by atoms with E-state index in [4.69, 9.17) is 4.74 Å². The van der Waals surface area contributed by atoms with Gasteiger partial charge in [0.15, 0.2) is 5.82 Å². The number of nitrogens with one attached hydrogen (secondary N) is 2. The van der Waals surface area contributed by atoms with E-state index in [0.29, 0.717) is 17.9 Å². The Bertz CT molecular complexity index is 1010. The molecule has 0 aliphatic heterocycles. The van der Waals surface area contributed by atoms with E-state index in [-0.39, 0.29) is 17.7 Å². The molecule has 148 valence electrons.